The summed E-state index contributed by atoms with van der Waals surface area (Å²) in [5, 5.41) is 8.98. The van der Waals surface area contributed by atoms with E-state index in [0.29, 0.717) is 18.7 Å². The lowest BCUT2D eigenvalue weighted by Crippen LogP contribution is -2.07. The molecule has 13 heavy (non-hydrogen) atoms. The number of aliphatic hydroxyl groups excluding tert-OH is 1. The minimum absolute atomic E-state index is 0.318. The van der Waals surface area contributed by atoms with Crippen LogP contribution in [0.1, 0.15) is 13.3 Å². The van der Waals surface area contributed by atoms with Crippen molar-refractivity contribution in [2.45, 2.75) is 19.4 Å². The van der Waals surface area contributed by atoms with E-state index in [4.69, 9.17) is 15.6 Å². The summed E-state index contributed by atoms with van der Waals surface area (Å²) in [7, 11) is 0. The summed E-state index contributed by atoms with van der Waals surface area (Å²) in [6, 6.07) is 7.26. The molecule has 1 unspecified atom stereocenters. The number of ether oxygens (including phenoxy) is 1. The van der Waals surface area contributed by atoms with Crippen molar-refractivity contribution < 1.29 is 9.84 Å². The number of rotatable bonds is 4. The molecule has 0 aliphatic heterocycles. The van der Waals surface area contributed by atoms with Crippen molar-refractivity contribution in [2.75, 3.05) is 12.3 Å². The molecule has 1 aromatic rings. The van der Waals surface area contributed by atoms with Crippen LogP contribution >= 0.6 is 0 Å². The number of nitrogens with two attached hydrogens (primary N) is 1. The highest BCUT2D eigenvalue weighted by Gasteiger charge is 1.97. The van der Waals surface area contributed by atoms with Gasteiger partial charge in [-0.15, -0.1) is 0 Å². The summed E-state index contributed by atoms with van der Waals surface area (Å²) in [4.78, 5) is 0. The van der Waals surface area contributed by atoms with E-state index in [1.54, 1.807) is 13.0 Å². The van der Waals surface area contributed by atoms with Gasteiger partial charge in [0.25, 0.3) is 0 Å². The summed E-state index contributed by atoms with van der Waals surface area (Å²) in [6.45, 7) is 2.25. The topological polar surface area (TPSA) is 55.5 Å². The third kappa shape index (κ3) is 3.80. The van der Waals surface area contributed by atoms with Crippen molar-refractivity contribution in [1.82, 2.24) is 0 Å². The first-order valence-corrected chi connectivity index (χ1v) is 4.35. The zero-order valence-corrected chi connectivity index (χ0v) is 7.73. The van der Waals surface area contributed by atoms with E-state index >= 15 is 0 Å². The predicted molar refractivity (Wildman–Crippen MR) is 52.6 cm³/mol. The summed E-state index contributed by atoms with van der Waals surface area (Å²) >= 11 is 0. The van der Waals surface area contributed by atoms with E-state index < -0.39 is 0 Å². The molecule has 0 aliphatic carbocycles. The fourth-order valence-electron chi connectivity index (χ4n) is 0.952. The van der Waals surface area contributed by atoms with Crippen LogP contribution in [0.15, 0.2) is 24.3 Å². The Balaban J connectivity index is 2.37. The Hall–Kier alpha value is -1.22. The monoisotopic (exact) mass is 181 g/mol. The van der Waals surface area contributed by atoms with Gasteiger partial charge in [0.05, 0.1) is 12.7 Å². The second-order valence-corrected chi connectivity index (χ2v) is 3.06. The molecule has 0 aliphatic rings. The van der Waals surface area contributed by atoms with Crippen molar-refractivity contribution in [3.05, 3.63) is 24.3 Å². The number of hydrogen-bond donors (Lipinski definition) is 2. The van der Waals surface area contributed by atoms with Crippen molar-refractivity contribution in [3.8, 4) is 5.75 Å². The fourth-order valence-corrected chi connectivity index (χ4v) is 0.952. The quantitative estimate of drug-likeness (QED) is 0.691. The zero-order chi connectivity index (χ0) is 9.68. The van der Waals surface area contributed by atoms with Crippen molar-refractivity contribution >= 4 is 5.69 Å². The largest absolute Gasteiger partial charge is 0.493 e. The van der Waals surface area contributed by atoms with Gasteiger partial charge in [0.2, 0.25) is 0 Å². The molecule has 0 radical (unpaired) electrons. The Morgan fingerprint density at radius 2 is 2.31 bits per heavy atom. The molecule has 1 aromatic carbocycles. The Bertz CT molecular complexity index is 261. The highest BCUT2D eigenvalue weighted by molar-refractivity contribution is 5.43. The lowest BCUT2D eigenvalue weighted by atomic mass is 10.3. The molecule has 0 saturated heterocycles. The van der Waals surface area contributed by atoms with Gasteiger partial charge in [-0.05, 0) is 19.1 Å². The van der Waals surface area contributed by atoms with Gasteiger partial charge in [-0.1, -0.05) is 6.07 Å². The Kier molecular flexibility index (Phi) is 3.58. The average Bonchev–Trinajstić information content (AvgIpc) is 2.03. The van der Waals surface area contributed by atoms with Crippen LogP contribution in [0.4, 0.5) is 5.69 Å². The predicted octanol–water partition coefficient (Wildman–Crippen LogP) is 1.42. The van der Waals surface area contributed by atoms with Gasteiger partial charge < -0.3 is 15.6 Å². The molecule has 0 spiro atoms. The third-order valence-corrected chi connectivity index (χ3v) is 1.66. The number of aliphatic hydroxyl groups is 1. The van der Waals surface area contributed by atoms with Crippen LogP contribution in [0.2, 0.25) is 0 Å². The third-order valence-electron chi connectivity index (χ3n) is 1.66. The second kappa shape index (κ2) is 4.72. The van der Waals surface area contributed by atoms with Crippen LogP contribution in [0.25, 0.3) is 0 Å². The highest BCUT2D eigenvalue weighted by Crippen LogP contribution is 2.14. The van der Waals surface area contributed by atoms with Crippen LogP contribution in [0, 0.1) is 0 Å². The molecule has 3 heteroatoms. The molecule has 3 nitrogen and oxygen atoms in total. The normalized spacial score (nSPS) is 12.5. The first-order valence-electron chi connectivity index (χ1n) is 4.35. The maximum absolute atomic E-state index is 8.98. The van der Waals surface area contributed by atoms with Gasteiger partial charge in [0.1, 0.15) is 5.75 Å². The Morgan fingerprint density at radius 3 is 2.92 bits per heavy atom. The second-order valence-electron chi connectivity index (χ2n) is 3.06. The molecule has 72 valence electrons. The Labute approximate surface area is 78.1 Å². The van der Waals surface area contributed by atoms with E-state index in [1.165, 1.54) is 0 Å². The molecule has 3 N–H and O–H groups in total. The van der Waals surface area contributed by atoms with Gasteiger partial charge in [-0.3, -0.25) is 0 Å². The maximum atomic E-state index is 8.98. The number of anilines is 1. The SMILES string of the molecule is CC(O)CCOc1cccc(N)c1. The lowest BCUT2D eigenvalue weighted by molar-refractivity contribution is 0.155. The molecular formula is C10H15NO2. The molecule has 0 fully saturated rings. The lowest BCUT2D eigenvalue weighted by Gasteiger charge is -2.07. The van der Waals surface area contributed by atoms with Crippen molar-refractivity contribution in [1.29, 1.82) is 0 Å². The van der Waals surface area contributed by atoms with Crippen LogP contribution in [0.5, 0.6) is 5.75 Å². The van der Waals surface area contributed by atoms with Gasteiger partial charge >= 0.3 is 0 Å². The Morgan fingerprint density at radius 1 is 1.54 bits per heavy atom. The summed E-state index contributed by atoms with van der Waals surface area (Å²) in [5.74, 6) is 0.751. The van der Waals surface area contributed by atoms with Crippen LogP contribution in [-0.2, 0) is 0 Å². The van der Waals surface area contributed by atoms with Gasteiger partial charge in [-0.2, -0.15) is 0 Å². The first kappa shape index (κ1) is 9.86. The van der Waals surface area contributed by atoms with E-state index in [9.17, 15) is 0 Å². The minimum Gasteiger partial charge on any atom is -0.493 e. The van der Waals surface area contributed by atoms with Crippen LogP contribution < -0.4 is 10.5 Å². The van der Waals surface area contributed by atoms with Crippen molar-refractivity contribution in [3.63, 3.8) is 0 Å². The standard InChI is InChI=1S/C10H15NO2/c1-8(12)5-6-13-10-4-2-3-9(11)7-10/h2-4,7-8,12H,5-6,11H2,1H3. The number of hydrogen-bond acceptors (Lipinski definition) is 3. The van der Waals surface area contributed by atoms with Gasteiger partial charge in [-0.25, -0.2) is 0 Å². The molecular weight excluding hydrogens is 166 g/mol. The molecule has 0 saturated carbocycles. The van der Waals surface area contributed by atoms with E-state index in [1.807, 2.05) is 18.2 Å². The number of nitrogen functional groups attached to an aromatic ring is 1. The first-order chi connectivity index (χ1) is 6.18. The van der Waals surface area contributed by atoms with E-state index in [0.717, 1.165) is 5.75 Å². The maximum Gasteiger partial charge on any atom is 0.121 e. The molecule has 0 amide bonds. The minimum atomic E-state index is -0.318. The van der Waals surface area contributed by atoms with Gasteiger partial charge in [0.15, 0.2) is 0 Å². The molecule has 0 bridgehead atoms. The van der Waals surface area contributed by atoms with Crippen LogP contribution in [0.3, 0.4) is 0 Å². The average molecular weight is 181 g/mol. The van der Waals surface area contributed by atoms with E-state index in [-0.39, 0.29) is 6.10 Å². The number of benzene rings is 1. The molecule has 1 atom stereocenters. The van der Waals surface area contributed by atoms with Crippen molar-refractivity contribution in [2.24, 2.45) is 0 Å². The van der Waals surface area contributed by atoms with Gasteiger partial charge in [0, 0.05) is 18.2 Å². The molecule has 0 aromatic heterocycles. The summed E-state index contributed by atoms with van der Waals surface area (Å²) in [5.41, 5.74) is 6.25. The van der Waals surface area contributed by atoms with Crippen LogP contribution in [-0.4, -0.2) is 17.8 Å². The van der Waals surface area contributed by atoms with E-state index in [2.05, 4.69) is 0 Å². The fraction of sp³-hybridized carbons (Fsp3) is 0.400. The molecule has 0 heterocycles. The summed E-state index contributed by atoms with van der Waals surface area (Å²) < 4.78 is 5.36. The smallest absolute Gasteiger partial charge is 0.121 e. The highest BCUT2D eigenvalue weighted by atomic mass is 16.5. The molecule has 1 rings (SSSR count). The summed E-state index contributed by atoms with van der Waals surface area (Å²) in [6.07, 6.45) is 0.315. The zero-order valence-electron chi connectivity index (χ0n) is 7.73.